The van der Waals surface area contributed by atoms with Crippen LogP contribution in [-0.4, -0.2) is 20.2 Å². The third-order valence-electron chi connectivity index (χ3n) is 3.49. The Kier molecular flexibility index (Phi) is 3.73. The number of hydrogen-bond acceptors (Lipinski definition) is 5. The van der Waals surface area contributed by atoms with Gasteiger partial charge in [0.2, 0.25) is 0 Å². The van der Waals surface area contributed by atoms with Crippen molar-refractivity contribution in [2.45, 2.75) is 26.2 Å². The van der Waals surface area contributed by atoms with Crippen molar-refractivity contribution in [2.24, 2.45) is 0 Å². The predicted octanol–water partition coefficient (Wildman–Crippen LogP) is 2.93. The van der Waals surface area contributed by atoms with Gasteiger partial charge in [-0.2, -0.15) is 4.37 Å². The van der Waals surface area contributed by atoms with Crippen LogP contribution in [0, 0.1) is 0 Å². The quantitative estimate of drug-likeness (QED) is 0.757. The van der Waals surface area contributed by atoms with Crippen molar-refractivity contribution in [1.82, 2.24) is 14.3 Å². The monoisotopic (exact) mass is 328 g/mol. The number of benzene rings is 1. The van der Waals surface area contributed by atoms with E-state index in [0.29, 0.717) is 16.1 Å². The van der Waals surface area contributed by atoms with Crippen LogP contribution in [0.2, 0.25) is 0 Å². The van der Waals surface area contributed by atoms with Crippen LogP contribution in [0.5, 0.6) is 0 Å². The summed E-state index contributed by atoms with van der Waals surface area (Å²) < 4.78 is 4.00. The van der Waals surface area contributed by atoms with Crippen molar-refractivity contribution in [1.29, 1.82) is 0 Å². The molecule has 0 spiro atoms. The molecular weight excluding hydrogens is 312 g/mol. The number of nitrogens with one attached hydrogen (secondary N) is 2. The number of amides is 1. The fraction of sp³-hybridized carbons (Fsp3) is 0.250. The molecule has 6 nitrogen and oxygen atoms in total. The molecule has 0 aliphatic rings. The molecule has 118 valence electrons. The largest absolute Gasteiger partial charge is 0.321 e. The maximum absolute atomic E-state index is 12.4. The van der Waals surface area contributed by atoms with E-state index in [1.54, 1.807) is 0 Å². The van der Waals surface area contributed by atoms with E-state index in [1.165, 1.54) is 11.9 Å². The maximum Gasteiger partial charge on any atom is 0.278 e. The molecule has 0 radical (unpaired) electrons. The molecule has 0 saturated carbocycles. The number of fused-ring (bicyclic) bond motifs is 1. The summed E-state index contributed by atoms with van der Waals surface area (Å²) in [5, 5.41) is 2.81. The van der Waals surface area contributed by atoms with Gasteiger partial charge >= 0.3 is 0 Å². The minimum Gasteiger partial charge on any atom is -0.321 e. The van der Waals surface area contributed by atoms with E-state index in [9.17, 15) is 9.59 Å². The van der Waals surface area contributed by atoms with Crippen LogP contribution in [0.25, 0.3) is 11.0 Å². The summed E-state index contributed by atoms with van der Waals surface area (Å²) in [5.41, 5.74) is 2.09. The van der Waals surface area contributed by atoms with Crippen LogP contribution in [0.3, 0.4) is 0 Å². The molecule has 3 aromatic rings. The Morgan fingerprint density at radius 2 is 1.87 bits per heavy atom. The third-order valence-corrected chi connectivity index (χ3v) is 4.32. The molecule has 2 aromatic heterocycles. The zero-order chi connectivity index (χ0) is 16.6. The van der Waals surface area contributed by atoms with Gasteiger partial charge in [0.25, 0.3) is 11.5 Å². The Hall–Kier alpha value is -2.54. The van der Waals surface area contributed by atoms with Gasteiger partial charge in [-0.25, -0.2) is 4.98 Å². The van der Waals surface area contributed by atoms with Crippen LogP contribution in [0.4, 0.5) is 5.69 Å². The molecule has 3 rings (SSSR count). The fourth-order valence-corrected chi connectivity index (χ4v) is 2.89. The van der Waals surface area contributed by atoms with Gasteiger partial charge in [-0.05, 0) is 34.6 Å². The minimum atomic E-state index is -0.347. The van der Waals surface area contributed by atoms with Gasteiger partial charge in [0.05, 0.1) is 6.33 Å². The number of rotatable bonds is 2. The molecule has 0 saturated heterocycles. The second-order valence-electron chi connectivity index (χ2n) is 6.22. The highest BCUT2D eigenvalue weighted by atomic mass is 32.1. The summed E-state index contributed by atoms with van der Waals surface area (Å²) in [6, 6.07) is 7.70. The standard InChI is InChI=1S/C16H16N4O2S/c1-16(2,3)9-4-6-10(7-5-9)19-15(22)13-11-12(20-23-13)14(21)18-8-17-11/h4-8H,1-3H3,(H,19,22)(H,17,18,21). The lowest BCUT2D eigenvalue weighted by atomic mass is 9.87. The first-order valence-electron chi connectivity index (χ1n) is 7.11. The van der Waals surface area contributed by atoms with Gasteiger partial charge in [0.15, 0.2) is 5.52 Å². The lowest BCUT2D eigenvalue weighted by Gasteiger charge is -2.19. The summed E-state index contributed by atoms with van der Waals surface area (Å²) >= 11 is 0.967. The number of anilines is 1. The highest BCUT2D eigenvalue weighted by Gasteiger charge is 2.18. The lowest BCUT2D eigenvalue weighted by molar-refractivity contribution is 0.103. The van der Waals surface area contributed by atoms with E-state index in [1.807, 2.05) is 24.3 Å². The molecule has 2 heterocycles. The Labute approximate surface area is 136 Å². The van der Waals surface area contributed by atoms with Gasteiger partial charge in [0.1, 0.15) is 10.4 Å². The van der Waals surface area contributed by atoms with Crippen LogP contribution in [0.1, 0.15) is 36.0 Å². The van der Waals surface area contributed by atoms with E-state index in [4.69, 9.17) is 0 Å². The second-order valence-corrected chi connectivity index (χ2v) is 7.00. The number of carbonyl (C=O) groups excluding carboxylic acids is 1. The Morgan fingerprint density at radius 3 is 2.52 bits per heavy atom. The van der Waals surface area contributed by atoms with Gasteiger partial charge in [-0.15, -0.1) is 0 Å². The molecule has 0 unspecified atom stereocenters. The third kappa shape index (κ3) is 3.00. The molecule has 0 aliphatic carbocycles. The topological polar surface area (TPSA) is 87.7 Å². The molecule has 0 fully saturated rings. The van der Waals surface area contributed by atoms with Crippen molar-refractivity contribution in [3.63, 3.8) is 0 Å². The number of H-pyrrole nitrogens is 1. The summed E-state index contributed by atoms with van der Waals surface area (Å²) in [4.78, 5) is 30.8. The number of nitrogens with zero attached hydrogens (tertiary/aromatic N) is 2. The fourth-order valence-electron chi connectivity index (χ4n) is 2.17. The number of aromatic amines is 1. The smallest absolute Gasteiger partial charge is 0.278 e. The number of carbonyl (C=O) groups is 1. The van der Waals surface area contributed by atoms with Crippen molar-refractivity contribution >= 4 is 34.2 Å². The van der Waals surface area contributed by atoms with E-state index in [0.717, 1.165) is 11.5 Å². The van der Waals surface area contributed by atoms with Gasteiger partial charge in [-0.1, -0.05) is 32.9 Å². The maximum atomic E-state index is 12.4. The zero-order valence-electron chi connectivity index (χ0n) is 13.0. The molecule has 0 atom stereocenters. The SMILES string of the molecule is CC(C)(C)c1ccc(NC(=O)c2snc3c(=O)[nH]cnc23)cc1. The minimum absolute atomic E-state index is 0.0569. The van der Waals surface area contributed by atoms with Crippen molar-refractivity contribution in [2.75, 3.05) is 5.32 Å². The van der Waals surface area contributed by atoms with Crippen molar-refractivity contribution in [3.05, 3.63) is 51.4 Å². The highest BCUT2D eigenvalue weighted by molar-refractivity contribution is 7.09. The lowest BCUT2D eigenvalue weighted by Crippen LogP contribution is -2.13. The van der Waals surface area contributed by atoms with Gasteiger partial charge in [0, 0.05) is 5.69 Å². The van der Waals surface area contributed by atoms with Crippen LogP contribution in [-0.2, 0) is 5.41 Å². The van der Waals surface area contributed by atoms with E-state index in [-0.39, 0.29) is 22.4 Å². The first-order valence-corrected chi connectivity index (χ1v) is 7.88. The number of hydrogen-bond donors (Lipinski definition) is 2. The van der Waals surface area contributed by atoms with E-state index >= 15 is 0 Å². The molecule has 23 heavy (non-hydrogen) atoms. The molecule has 1 aromatic carbocycles. The molecule has 0 aliphatic heterocycles. The van der Waals surface area contributed by atoms with Crippen molar-refractivity contribution in [3.8, 4) is 0 Å². The summed E-state index contributed by atoms with van der Waals surface area (Å²) in [6.07, 6.45) is 1.27. The first-order chi connectivity index (χ1) is 10.9. The average molecular weight is 328 g/mol. The highest BCUT2D eigenvalue weighted by Crippen LogP contribution is 2.24. The van der Waals surface area contributed by atoms with Gasteiger partial charge < -0.3 is 10.3 Å². The van der Waals surface area contributed by atoms with Gasteiger partial charge in [-0.3, -0.25) is 9.59 Å². The normalized spacial score (nSPS) is 11.6. The molecule has 1 amide bonds. The summed E-state index contributed by atoms with van der Waals surface area (Å²) in [6.45, 7) is 6.40. The Morgan fingerprint density at radius 1 is 1.17 bits per heavy atom. The molecule has 0 bridgehead atoms. The zero-order valence-corrected chi connectivity index (χ0v) is 13.8. The molecule has 7 heteroatoms. The van der Waals surface area contributed by atoms with E-state index < -0.39 is 0 Å². The number of aromatic nitrogens is 3. The second kappa shape index (κ2) is 5.58. The predicted molar refractivity (Wildman–Crippen MR) is 91.1 cm³/mol. The van der Waals surface area contributed by atoms with Crippen LogP contribution >= 0.6 is 11.5 Å². The van der Waals surface area contributed by atoms with Crippen molar-refractivity contribution < 1.29 is 4.79 Å². The average Bonchev–Trinajstić information content (AvgIpc) is 2.92. The molecular formula is C16H16N4O2S. The summed E-state index contributed by atoms with van der Waals surface area (Å²) in [7, 11) is 0. The van der Waals surface area contributed by atoms with E-state index in [2.05, 4.69) is 40.4 Å². The first kappa shape index (κ1) is 15.4. The molecule has 2 N–H and O–H groups in total. The Balaban J connectivity index is 1.86. The van der Waals surface area contributed by atoms with Crippen LogP contribution in [0.15, 0.2) is 35.4 Å². The Bertz CT molecular complexity index is 920. The summed E-state index contributed by atoms with van der Waals surface area (Å²) in [5.74, 6) is -0.320. The van der Waals surface area contributed by atoms with Crippen LogP contribution < -0.4 is 10.9 Å².